The third kappa shape index (κ3) is 1.29. The van der Waals surface area contributed by atoms with Crippen molar-refractivity contribution >= 4 is 10.9 Å². The molecule has 14 heavy (non-hydrogen) atoms. The van der Waals surface area contributed by atoms with Crippen molar-refractivity contribution in [3.05, 3.63) is 30.0 Å². The van der Waals surface area contributed by atoms with Gasteiger partial charge in [0.2, 0.25) is 0 Å². The van der Waals surface area contributed by atoms with Crippen molar-refractivity contribution in [1.82, 2.24) is 10.2 Å². The van der Waals surface area contributed by atoms with E-state index >= 15 is 0 Å². The van der Waals surface area contributed by atoms with E-state index in [0.717, 1.165) is 16.5 Å². The summed E-state index contributed by atoms with van der Waals surface area (Å²) in [5.41, 5.74) is 1.48. The Kier molecular flexibility index (Phi) is 2.02. The first-order valence-corrected chi connectivity index (χ1v) is 4.45. The van der Waals surface area contributed by atoms with Crippen LogP contribution >= 0.6 is 0 Å². The molecule has 0 saturated carbocycles. The number of hydrogen-bond donors (Lipinski definition) is 2. The summed E-state index contributed by atoms with van der Waals surface area (Å²) in [5.74, 6) is 5.26. The molecule has 2 aromatic rings. The fourth-order valence-electron chi connectivity index (χ4n) is 1.53. The van der Waals surface area contributed by atoms with E-state index in [1.54, 1.807) is 6.20 Å². The molecule has 0 aliphatic heterocycles. The van der Waals surface area contributed by atoms with E-state index in [0.29, 0.717) is 0 Å². The predicted molar refractivity (Wildman–Crippen MR) is 54.4 cm³/mol. The zero-order chi connectivity index (χ0) is 10.2. The number of rotatable bonds is 2. The summed E-state index contributed by atoms with van der Waals surface area (Å²) >= 11 is 0. The Morgan fingerprint density at radius 2 is 2.21 bits per heavy atom. The third-order valence-electron chi connectivity index (χ3n) is 2.42. The molecule has 0 atom stereocenters. The Hall–Kier alpha value is -1.39. The first-order valence-electron chi connectivity index (χ1n) is 4.45. The van der Waals surface area contributed by atoms with Crippen LogP contribution in [0.5, 0.6) is 0 Å². The topological polar surface area (TPSA) is 63.9 Å². The molecule has 4 heteroatoms. The van der Waals surface area contributed by atoms with Gasteiger partial charge in [-0.25, -0.2) is 5.90 Å². The number of hydrogen-bond acceptors (Lipinski definition) is 3. The van der Waals surface area contributed by atoms with E-state index in [9.17, 15) is 0 Å². The molecule has 3 N–H and O–H groups in total. The molecule has 0 fully saturated rings. The molecule has 0 unspecified atom stereocenters. The lowest BCUT2D eigenvalue weighted by atomic mass is 9.96. The lowest BCUT2D eigenvalue weighted by Crippen LogP contribution is -2.25. The minimum atomic E-state index is -0.508. The van der Waals surface area contributed by atoms with Crippen molar-refractivity contribution < 1.29 is 4.84 Å². The van der Waals surface area contributed by atoms with Crippen LogP contribution in [-0.4, -0.2) is 10.2 Å². The zero-order valence-corrected chi connectivity index (χ0v) is 8.24. The summed E-state index contributed by atoms with van der Waals surface area (Å²) in [6, 6.07) is 5.94. The van der Waals surface area contributed by atoms with Crippen LogP contribution in [0.3, 0.4) is 0 Å². The number of nitrogens with one attached hydrogen (secondary N) is 1. The number of nitrogens with zero attached hydrogens (tertiary/aromatic N) is 1. The van der Waals surface area contributed by atoms with Gasteiger partial charge in [0.25, 0.3) is 0 Å². The number of aromatic amines is 1. The highest BCUT2D eigenvalue weighted by Crippen LogP contribution is 2.28. The number of aromatic nitrogens is 2. The number of fused-ring (bicyclic) bond motifs is 1. The summed E-state index contributed by atoms with van der Waals surface area (Å²) in [4.78, 5) is 4.95. The highest BCUT2D eigenvalue weighted by atomic mass is 16.6. The fourth-order valence-corrected chi connectivity index (χ4v) is 1.53. The SMILES string of the molecule is CC(C)(ON)c1cccc2cn[nH]c12. The van der Waals surface area contributed by atoms with Gasteiger partial charge in [-0.15, -0.1) is 0 Å². The van der Waals surface area contributed by atoms with Gasteiger partial charge in [-0.3, -0.25) is 9.94 Å². The van der Waals surface area contributed by atoms with E-state index in [-0.39, 0.29) is 0 Å². The third-order valence-corrected chi connectivity index (χ3v) is 2.42. The minimum Gasteiger partial charge on any atom is -0.294 e. The van der Waals surface area contributed by atoms with Crippen LogP contribution in [0.1, 0.15) is 19.4 Å². The first-order chi connectivity index (χ1) is 6.65. The molecular weight excluding hydrogens is 178 g/mol. The van der Waals surface area contributed by atoms with Gasteiger partial charge in [0, 0.05) is 10.9 Å². The molecule has 1 aromatic carbocycles. The van der Waals surface area contributed by atoms with E-state index < -0.39 is 5.60 Å². The van der Waals surface area contributed by atoms with Crippen molar-refractivity contribution in [2.24, 2.45) is 5.90 Å². The molecule has 2 rings (SSSR count). The largest absolute Gasteiger partial charge is 0.294 e. The summed E-state index contributed by atoms with van der Waals surface area (Å²) < 4.78 is 0. The molecule has 74 valence electrons. The van der Waals surface area contributed by atoms with Crippen LogP contribution in [0.25, 0.3) is 10.9 Å². The maximum absolute atomic E-state index is 5.26. The van der Waals surface area contributed by atoms with Gasteiger partial charge >= 0.3 is 0 Å². The van der Waals surface area contributed by atoms with Gasteiger partial charge in [0.05, 0.1) is 11.7 Å². The van der Waals surface area contributed by atoms with E-state index in [1.165, 1.54) is 0 Å². The quantitative estimate of drug-likeness (QED) is 0.710. The first kappa shape index (κ1) is 9.18. The number of H-pyrrole nitrogens is 1. The summed E-state index contributed by atoms with van der Waals surface area (Å²) in [5, 5.41) is 7.99. The number of nitrogens with two attached hydrogens (primary N) is 1. The normalized spacial score (nSPS) is 12.2. The van der Waals surface area contributed by atoms with Crippen LogP contribution in [0.15, 0.2) is 24.4 Å². The van der Waals surface area contributed by atoms with Gasteiger partial charge in [0.15, 0.2) is 0 Å². The maximum atomic E-state index is 5.26. The van der Waals surface area contributed by atoms with E-state index in [4.69, 9.17) is 10.7 Å². The standard InChI is InChI=1S/C10H13N3O/c1-10(2,14-11)8-5-3-4-7-6-12-13-9(7)8/h3-6H,11H2,1-2H3,(H,12,13). The lowest BCUT2D eigenvalue weighted by Gasteiger charge is -2.22. The van der Waals surface area contributed by atoms with Crippen LogP contribution in [0.2, 0.25) is 0 Å². The summed E-state index contributed by atoms with van der Waals surface area (Å²) in [6.45, 7) is 3.84. The van der Waals surface area contributed by atoms with Crippen molar-refractivity contribution in [3.8, 4) is 0 Å². The number of benzene rings is 1. The molecule has 4 nitrogen and oxygen atoms in total. The van der Waals surface area contributed by atoms with Crippen LogP contribution in [-0.2, 0) is 10.4 Å². The summed E-state index contributed by atoms with van der Waals surface area (Å²) in [6.07, 6.45) is 1.78. The van der Waals surface area contributed by atoms with E-state index in [1.807, 2.05) is 32.0 Å². The van der Waals surface area contributed by atoms with Gasteiger partial charge in [-0.05, 0) is 13.8 Å². The van der Waals surface area contributed by atoms with Crippen molar-refractivity contribution in [2.75, 3.05) is 0 Å². The predicted octanol–water partition coefficient (Wildman–Crippen LogP) is 1.69. The molecule has 0 aliphatic rings. The van der Waals surface area contributed by atoms with Gasteiger partial charge in [0.1, 0.15) is 5.60 Å². The van der Waals surface area contributed by atoms with E-state index in [2.05, 4.69) is 10.2 Å². The molecule has 0 amide bonds. The lowest BCUT2D eigenvalue weighted by molar-refractivity contribution is -0.0226. The van der Waals surface area contributed by atoms with Gasteiger partial charge in [-0.1, -0.05) is 18.2 Å². The Morgan fingerprint density at radius 1 is 1.43 bits per heavy atom. The molecule has 1 aromatic heterocycles. The van der Waals surface area contributed by atoms with Crippen LogP contribution < -0.4 is 5.90 Å². The highest BCUT2D eigenvalue weighted by molar-refractivity contribution is 5.81. The van der Waals surface area contributed by atoms with Gasteiger partial charge in [-0.2, -0.15) is 5.10 Å². The second kappa shape index (κ2) is 3.08. The van der Waals surface area contributed by atoms with Crippen molar-refractivity contribution in [2.45, 2.75) is 19.4 Å². The second-order valence-corrected chi connectivity index (χ2v) is 3.77. The minimum absolute atomic E-state index is 0.508. The Bertz CT molecular complexity index is 447. The molecular formula is C10H13N3O. The Morgan fingerprint density at radius 3 is 2.93 bits per heavy atom. The molecule has 0 spiro atoms. The average molecular weight is 191 g/mol. The molecule has 0 aliphatic carbocycles. The Balaban J connectivity index is 2.67. The van der Waals surface area contributed by atoms with Crippen molar-refractivity contribution in [1.29, 1.82) is 0 Å². The van der Waals surface area contributed by atoms with Crippen molar-refractivity contribution in [3.63, 3.8) is 0 Å². The zero-order valence-electron chi connectivity index (χ0n) is 8.24. The van der Waals surface area contributed by atoms with Crippen LogP contribution in [0.4, 0.5) is 0 Å². The number of para-hydroxylation sites is 1. The van der Waals surface area contributed by atoms with Gasteiger partial charge < -0.3 is 0 Å². The maximum Gasteiger partial charge on any atom is 0.111 e. The molecule has 1 heterocycles. The summed E-state index contributed by atoms with van der Waals surface area (Å²) in [7, 11) is 0. The smallest absolute Gasteiger partial charge is 0.111 e. The monoisotopic (exact) mass is 191 g/mol. The second-order valence-electron chi connectivity index (χ2n) is 3.77. The molecule has 0 saturated heterocycles. The fraction of sp³-hybridized carbons (Fsp3) is 0.300. The Labute approximate surface area is 82.0 Å². The molecule has 0 radical (unpaired) electrons. The van der Waals surface area contributed by atoms with Crippen LogP contribution in [0, 0.1) is 0 Å². The average Bonchev–Trinajstić information content (AvgIpc) is 2.64. The molecule has 0 bridgehead atoms. The highest BCUT2D eigenvalue weighted by Gasteiger charge is 2.23.